The minimum Gasteiger partial charge on any atom is -0.334 e. The lowest BCUT2D eigenvalue weighted by molar-refractivity contribution is 0.0535. The molecular weight excluding hydrogens is 268 g/mol. The second kappa shape index (κ2) is 5.54. The molecule has 3 rings (SSSR count). The number of hydrogen-bond acceptors (Lipinski definition) is 3. The van der Waals surface area contributed by atoms with E-state index in [9.17, 15) is 4.79 Å². The summed E-state index contributed by atoms with van der Waals surface area (Å²) in [5.41, 5.74) is 6.73. The van der Waals surface area contributed by atoms with Gasteiger partial charge in [-0.05, 0) is 24.8 Å². The van der Waals surface area contributed by atoms with E-state index in [2.05, 4.69) is 13.0 Å². The normalized spacial score (nSPS) is 23.2. The molecule has 2 unspecified atom stereocenters. The average molecular weight is 288 g/mol. The second-order valence-electron chi connectivity index (χ2n) is 5.57. The molecule has 2 N–H and O–H groups in total. The van der Waals surface area contributed by atoms with Crippen molar-refractivity contribution in [3.63, 3.8) is 0 Å². The van der Waals surface area contributed by atoms with Crippen molar-refractivity contribution in [2.24, 2.45) is 11.7 Å². The number of carbonyl (C=O) groups is 1. The van der Waals surface area contributed by atoms with E-state index in [4.69, 9.17) is 5.73 Å². The summed E-state index contributed by atoms with van der Waals surface area (Å²) >= 11 is 1.64. The van der Waals surface area contributed by atoms with Crippen molar-refractivity contribution in [1.82, 2.24) is 4.90 Å². The number of hydrogen-bond donors (Lipinski definition) is 1. The molecule has 0 aliphatic carbocycles. The number of piperidine rings is 1. The first kappa shape index (κ1) is 13.6. The second-order valence-corrected chi connectivity index (χ2v) is 6.48. The number of carbonyl (C=O) groups excluding carboxylic acids is 1. The molecule has 20 heavy (non-hydrogen) atoms. The van der Waals surface area contributed by atoms with Gasteiger partial charge in [-0.1, -0.05) is 25.1 Å². The number of thiophene rings is 1. The molecule has 0 saturated carbocycles. The summed E-state index contributed by atoms with van der Waals surface area (Å²) < 4.78 is 1.17. The Bertz CT molecular complexity index is 622. The molecule has 3 nitrogen and oxygen atoms in total. The molecule has 0 bridgehead atoms. The largest absolute Gasteiger partial charge is 0.334 e. The number of likely N-dealkylation sites (tertiary alicyclic amines) is 1. The van der Waals surface area contributed by atoms with E-state index in [1.807, 2.05) is 28.5 Å². The number of nitrogens with two attached hydrogens (primary N) is 1. The predicted octanol–water partition coefficient (Wildman–Crippen LogP) is 3.10. The summed E-state index contributed by atoms with van der Waals surface area (Å²) in [4.78, 5) is 14.9. The van der Waals surface area contributed by atoms with E-state index in [1.54, 1.807) is 11.3 Å². The third-order valence-electron chi connectivity index (χ3n) is 4.33. The van der Waals surface area contributed by atoms with Crippen molar-refractivity contribution in [3.8, 4) is 0 Å². The van der Waals surface area contributed by atoms with Gasteiger partial charge in [-0.15, -0.1) is 11.3 Å². The molecule has 1 fully saturated rings. The fraction of sp³-hybridized carbons (Fsp3) is 0.438. The maximum absolute atomic E-state index is 12.9. The third kappa shape index (κ3) is 2.23. The molecule has 4 heteroatoms. The Morgan fingerprint density at radius 1 is 1.45 bits per heavy atom. The highest BCUT2D eigenvalue weighted by atomic mass is 32.1. The van der Waals surface area contributed by atoms with Gasteiger partial charge in [-0.2, -0.15) is 0 Å². The van der Waals surface area contributed by atoms with Crippen molar-refractivity contribution < 1.29 is 4.79 Å². The molecule has 1 aliphatic rings. The van der Waals surface area contributed by atoms with Gasteiger partial charge in [0.2, 0.25) is 0 Å². The SMILES string of the molecule is CC1CCCN(C(=O)c2csc3ccccc23)C1CN. The molecule has 0 radical (unpaired) electrons. The molecule has 1 aromatic heterocycles. The average Bonchev–Trinajstić information content (AvgIpc) is 2.90. The summed E-state index contributed by atoms with van der Waals surface area (Å²) in [6.07, 6.45) is 2.24. The fourth-order valence-corrected chi connectivity index (χ4v) is 4.09. The Labute approximate surface area is 123 Å². The van der Waals surface area contributed by atoms with E-state index >= 15 is 0 Å². The maximum atomic E-state index is 12.9. The van der Waals surface area contributed by atoms with Crippen LogP contribution < -0.4 is 5.73 Å². The molecule has 1 saturated heterocycles. The molecule has 0 spiro atoms. The number of benzene rings is 1. The lowest BCUT2D eigenvalue weighted by atomic mass is 9.90. The smallest absolute Gasteiger partial charge is 0.255 e. The van der Waals surface area contributed by atoms with Crippen LogP contribution >= 0.6 is 11.3 Å². The Morgan fingerprint density at radius 2 is 2.25 bits per heavy atom. The summed E-state index contributed by atoms with van der Waals surface area (Å²) in [5, 5.41) is 3.05. The van der Waals surface area contributed by atoms with Gasteiger partial charge in [0.1, 0.15) is 0 Å². The van der Waals surface area contributed by atoms with Crippen LogP contribution in [0.15, 0.2) is 29.6 Å². The highest BCUT2D eigenvalue weighted by molar-refractivity contribution is 7.17. The van der Waals surface area contributed by atoms with E-state index in [0.29, 0.717) is 12.5 Å². The van der Waals surface area contributed by atoms with Crippen molar-refractivity contribution in [2.45, 2.75) is 25.8 Å². The van der Waals surface area contributed by atoms with Crippen molar-refractivity contribution in [1.29, 1.82) is 0 Å². The summed E-state index contributed by atoms with van der Waals surface area (Å²) in [6, 6.07) is 8.28. The zero-order valence-corrected chi connectivity index (χ0v) is 12.5. The molecule has 2 aromatic rings. The van der Waals surface area contributed by atoms with Gasteiger partial charge in [0, 0.05) is 34.6 Å². The van der Waals surface area contributed by atoms with E-state index in [0.717, 1.165) is 30.3 Å². The highest BCUT2D eigenvalue weighted by Crippen LogP contribution is 2.30. The van der Waals surface area contributed by atoms with Gasteiger partial charge in [0.25, 0.3) is 5.91 Å². The Balaban J connectivity index is 1.95. The van der Waals surface area contributed by atoms with E-state index < -0.39 is 0 Å². The minimum atomic E-state index is 0.143. The maximum Gasteiger partial charge on any atom is 0.255 e. The monoisotopic (exact) mass is 288 g/mol. The summed E-state index contributed by atoms with van der Waals surface area (Å²) in [6.45, 7) is 3.58. The van der Waals surface area contributed by atoms with Crippen LogP contribution in [0, 0.1) is 5.92 Å². The molecular formula is C16H20N2OS. The van der Waals surface area contributed by atoms with Crippen molar-refractivity contribution in [2.75, 3.05) is 13.1 Å². The zero-order chi connectivity index (χ0) is 14.1. The number of nitrogens with zero attached hydrogens (tertiary/aromatic N) is 1. The quantitative estimate of drug-likeness (QED) is 0.923. The van der Waals surface area contributed by atoms with E-state index in [-0.39, 0.29) is 11.9 Å². The zero-order valence-electron chi connectivity index (χ0n) is 11.7. The van der Waals surface area contributed by atoms with Crippen molar-refractivity contribution in [3.05, 3.63) is 35.2 Å². The number of rotatable bonds is 2. The molecule has 1 aliphatic heterocycles. The predicted molar refractivity (Wildman–Crippen MR) is 84.1 cm³/mol. The Morgan fingerprint density at radius 3 is 3.05 bits per heavy atom. The van der Waals surface area contributed by atoms with Crippen molar-refractivity contribution >= 4 is 27.3 Å². The van der Waals surface area contributed by atoms with Gasteiger partial charge in [-0.3, -0.25) is 4.79 Å². The highest BCUT2D eigenvalue weighted by Gasteiger charge is 2.32. The lowest BCUT2D eigenvalue weighted by Crippen LogP contribution is -2.51. The first-order chi connectivity index (χ1) is 9.72. The Kier molecular flexibility index (Phi) is 3.76. The molecule has 106 valence electrons. The fourth-order valence-electron chi connectivity index (χ4n) is 3.16. The summed E-state index contributed by atoms with van der Waals surface area (Å²) in [7, 11) is 0. The first-order valence-electron chi connectivity index (χ1n) is 7.19. The molecule has 1 aromatic carbocycles. The van der Waals surface area contributed by atoms with Crippen LogP contribution in [0.4, 0.5) is 0 Å². The number of amides is 1. The topological polar surface area (TPSA) is 46.3 Å². The van der Waals surface area contributed by atoms with Crippen LogP contribution in [0.1, 0.15) is 30.1 Å². The van der Waals surface area contributed by atoms with Crippen LogP contribution in [-0.2, 0) is 0 Å². The van der Waals surface area contributed by atoms with Crippen LogP contribution in [0.25, 0.3) is 10.1 Å². The Hall–Kier alpha value is -1.39. The van der Waals surface area contributed by atoms with Crippen LogP contribution in [-0.4, -0.2) is 29.9 Å². The standard InChI is InChI=1S/C16H20N2OS/c1-11-5-4-8-18(14(11)9-17)16(19)13-10-20-15-7-3-2-6-12(13)15/h2-3,6-7,10-11,14H,4-5,8-9,17H2,1H3. The lowest BCUT2D eigenvalue weighted by Gasteiger charge is -2.39. The first-order valence-corrected chi connectivity index (χ1v) is 8.07. The van der Waals surface area contributed by atoms with Gasteiger partial charge in [-0.25, -0.2) is 0 Å². The van der Waals surface area contributed by atoms with Crippen LogP contribution in [0.2, 0.25) is 0 Å². The molecule has 2 atom stereocenters. The van der Waals surface area contributed by atoms with Crippen LogP contribution in [0.5, 0.6) is 0 Å². The van der Waals surface area contributed by atoms with E-state index in [1.165, 1.54) is 4.70 Å². The third-order valence-corrected chi connectivity index (χ3v) is 5.29. The molecule has 1 amide bonds. The number of fused-ring (bicyclic) bond motifs is 1. The van der Waals surface area contributed by atoms with Gasteiger partial charge < -0.3 is 10.6 Å². The van der Waals surface area contributed by atoms with Crippen LogP contribution in [0.3, 0.4) is 0 Å². The van der Waals surface area contributed by atoms with Gasteiger partial charge in [0.15, 0.2) is 0 Å². The van der Waals surface area contributed by atoms with Gasteiger partial charge >= 0.3 is 0 Å². The summed E-state index contributed by atoms with van der Waals surface area (Å²) in [5.74, 6) is 0.632. The van der Waals surface area contributed by atoms with Gasteiger partial charge in [0.05, 0.1) is 5.56 Å². The molecule has 2 heterocycles. The minimum absolute atomic E-state index is 0.143.